The Bertz CT molecular complexity index is 1280. The molecule has 0 N–H and O–H groups in total. The zero-order chi connectivity index (χ0) is 20.1. The second kappa shape index (κ2) is 6.27. The van der Waals surface area contributed by atoms with Gasteiger partial charge in [-0.1, -0.05) is 18.2 Å². The molecule has 0 bridgehead atoms. The van der Waals surface area contributed by atoms with Gasteiger partial charge in [0.05, 0.1) is 29.3 Å². The summed E-state index contributed by atoms with van der Waals surface area (Å²) in [6, 6.07) is 17.0. The number of pyridine rings is 1. The highest BCUT2D eigenvalue weighted by atomic mass is 16.5. The maximum Gasteiger partial charge on any atom is 0.262 e. The van der Waals surface area contributed by atoms with Crippen LogP contribution in [0.25, 0.3) is 28.0 Å². The van der Waals surface area contributed by atoms with Gasteiger partial charge in [0.1, 0.15) is 11.4 Å². The van der Waals surface area contributed by atoms with E-state index in [2.05, 4.69) is 4.98 Å². The predicted molar refractivity (Wildman–Crippen MR) is 107 cm³/mol. The lowest BCUT2D eigenvalue weighted by Crippen LogP contribution is -2.24. The molecule has 0 saturated carbocycles. The standard InChI is InChI=1S/C22H16N4O3/c1-25-21(27)16-12-23-20-18(17(16)22(25)28)19(13-8-10-15(29-2)11-9-13)24-26(20)14-6-4-3-5-7-14/h3-12H,1-2H3. The molecule has 0 aliphatic carbocycles. The van der Waals surface area contributed by atoms with Crippen LogP contribution in [0.3, 0.4) is 0 Å². The van der Waals surface area contributed by atoms with Crippen molar-refractivity contribution in [2.24, 2.45) is 0 Å². The Hall–Kier alpha value is -4.00. The van der Waals surface area contributed by atoms with Crippen LogP contribution in [0.4, 0.5) is 0 Å². The minimum atomic E-state index is -0.354. The zero-order valence-electron chi connectivity index (χ0n) is 15.8. The molecule has 0 unspecified atom stereocenters. The lowest BCUT2D eigenvalue weighted by molar-refractivity contribution is 0.0693. The number of amides is 2. The smallest absolute Gasteiger partial charge is 0.262 e. The molecule has 7 heteroatoms. The van der Waals surface area contributed by atoms with Gasteiger partial charge in [0.15, 0.2) is 5.65 Å². The van der Waals surface area contributed by atoms with Crippen LogP contribution < -0.4 is 4.74 Å². The van der Waals surface area contributed by atoms with Crippen LogP contribution in [0.1, 0.15) is 20.7 Å². The number of rotatable bonds is 3. The second-order valence-corrected chi connectivity index (χ2v) is 6.74. The molecule has 0 spiro atoms. The third kappa shape index (κ3) is 2.44. The quantitative estimate of drug-likeness (QED) is 0.507. The molecule has 2 aromatic heterocycles. The zero-order valence-corrected chi connectivity index (χ0v) is 15.8. The lowest BCUT2D eigenvalue weighted by Gasteiger charge is -2.04. The number of hydrogen-bond donors (Lipinski definition) is 0. The van der Waals surface area contributed by atoms with Crippen LogP contribution >= 0.6 is 0 Å². The summed E-state index contributed by atoms with van der Waals surface area (Å²) in [6.07, 6.45) is 1.46. The van der Waals surface area contributed by atoms with Gasteiger partial charge in [-0.25, -0.2) is 9.67 Å². The van der Waals surface area contributed by atoms with Gasteiger partial charge in [0.25, 0.3) is 11.8 Å². The highest BCUT2D eigenvalue weighted by Gasteiger charge is 2.37. The summed E-state index contributed by atoms with van der Waals surface area (Å²) >= 11 is 0. The number of carbonyl (C=O) groups excluding carboxylic acids is 2. The monoisotopic (exact) mass is 384 g/mol. The summed E-state index contributed by atoms with van der Waals surface area (Å²) in [5.41, 5.74) is 3.37. The van der Waals surface area contributed by atoms with E-state index in [-0.39, 0.29) is 11.8 Å². The van der Waals surface area contributed by atoms with Crippen molar-refractivity contribution in [1.29, 1.82) is 0 Å². The summed E-state index contributed by atoms with van der Waals surface area (Å²) in [7, 11) is 3.08. The van der Waals surface area contributed by atoms with Crippen molar-refractivity contribution in [3.63, 3.8) is 0 Å². The molecular formula is C22H16N4O3. The molecule has 0 saturated heterocycles. The van der Waals surface area contributed by atoms with Crippen LogP contribution in [0, 0.1) is 0 Å². The summed E-state index contributed by atoms with van der Waals surface area (Å²) in [5.74, 6) is 0.0159. The molecular weight excluding hydrogens is 368 g/mol. The fraction of sp³-hybridized carbons (Fsp3) is 0.0909. The van der Waals surface area contributed by atoms with E-state index in [0.717, 1.165) is 21.9 Å². The van der Waals surface area contributed by atoms with Gasteiger partial charge < -0.3 is 4.74 Å². The van der Waals surface area contributed by atoms with Crippen molar-refractivity contribution in [3.05, 3.63) is 71.9 Å². The Morgan fingerprint density at radius 1 is 0.931 bits per heavy atom. The topological polar surface area (TPSA) is 77.3 Å². The Morgan fingerprint density at radius 2 is 1.66 bits per heavy atom. The minimum Gasteiger partial charge on any atom is -0.497 e. The van der Waals surface area contributed by atoms with Crippen LogP contribution in [-0.2, 0) is 0 Å². The number of benzene rings is 2. The Labute approximate surface area is 166 Å². The summed E-state index contributed by atoms with van der Waals surface area (Å²) in [4.78, 5) is 31.0. The number of methoxy groups -OCH3 is 1. The number of fused-ring (bicyclic) bond motifs is 3. The lowest BCUT2D eigenvalue weighted by atomic mass is 10.0. The van der Waals surface area contributed by atoms with Crippen LogP contribution in [0.2, 0.25) is 0 Å². The first kappa shape index (κ1) is 17.1. The number of imide groups is 1. The molecule has 1 aliphatic heterocycles. The molecule has 0 atom stereocenters. The predicted octanol–water partition coefficient (Wildman–Crippen LogP) is 3.32. The molecule has 1 aliphatic rings. The fourth-order valence-corrected chi connectivity index (χ4v) is 3.61. The van der Waals surface area contributed by atoms with Crippen molar-refractivity contribution < 1.29 is 14.3 Å². The minimum absolute atomic E-state index is 0.298. The van der Waals surface area contributed by atoms with E-state index in [1.807, 2.05) is 54.6 Å². The number of nitrogens with zero attached hydrogens (tertiary/aromatic N) is 4. The summed E-state index contributed by atoms with van der Waals surface area (Å²) in [6.45, 7) is 0. The fourth-order valence-electron chi connectivity index (χ4n) is 3.61. The average Bonchev–Trinajstić information content (AvgIpc) is 3.26. The van der Waals surface area contributed by atoms with E-state index in [0.29, 0.717) is 27.9 Å². The molecule has 3 heterocycles. The van der Waals surface area contributed by atoms with Crippen molar-refractivity contribution in [3.8, 4) is 22.7 Å². The van der Waals surface area contributed by atoms with Crippen molar-refractivity contribution in [1.82, 2.24) is 19.7 Å². The second-order valence-electron chi connectivity index (χ2n) is 6.74. The molecule has 2 amide bonds. The first-order valence-electron chi connectivity index (χ1n) is 9.04. The van der Waals surface area contributed by atoms with Crippen LogP contribution in [0.5, 0.6) is 5.75 Å². The van der Waals surface area contributed by atoms with Crippen LogP contribution in [-0.4, -0.2) is 45.6 Å². The third-order valence-electron chi connectivity index (χ3n) is 5.11. The van der Waals surface area contributed by atoms with E-state index in [4.69, 9.17) is 9.84 Å². The molecule has 29 heavy (non-hydrogen) atoms. The summed E-state index contributed by atoms with van der Waals surface area (Å²) < 4.78 is 6.94. The van der Waals surface area contributed by atoms with E-state index >= 15 is 0 Å². The number of hydrogen-bond acceptors (Lipinski definition) is 5. The van der Waals surface area contributed by atoms with Crippen molar-refractivity contribution >= 4 is 22.8 Å². The Morgan fingerprint density at radius 3 is 2.34 bits per heavy atom. The third-order valence-corrected chi connectivity index (χ3v) is 5.11. The number of ether oxygens (including phenoxy) is 1. The van der Waals surface area contributed by atoms with Crippen LogP contribution in [0.15, 0.2) is 60.8 Å². The van der Waals surface area contributed by atoms with Gasteiger partial charge in [-0.15, -0.1) is 0 Å². The maximum absolute atomic E-state index is 12.9. The largest absolute Gasteiger partial charge is 0.497 e. The van der Waals surface area contributed by atoms with E-state index < -0.39 is 0 Å². The van der Waals surface area contributed by atoms with Crippen molar-refractivity contribution in [2.75, 3.05) is 14.2 Å². The summed E-state index contributed by atoms with van der Waals surface area (Å²) in [5, 5.41) is 5.35. The molecule has 142 valence electrons. The van der Waals surface area contributed by atoms with Gasteiger partial charge in [-0.2, -0.15) is 5.10 Å². The average molecular weight is 384 g/mol. The van der Waals surface area contributed by atoms with Gasteiger partial charge in [-0.3, -0.25) is 14.5 Å². The highest BCUT2D eigenvalue weighted by molar-refractivity contribution is 6.27. The van der Waals surface area contributed by atoms with Crippen molar-refractivity contribution in [2.45, 2.75) is 0 Å². The number of carbonyl (C=O) groups is 2. The molecule has 4 aromatic rings. The first-order valence-corrected chi connectivity index (χ1v) is 9.04. The van der Waals surface area contributed by atoms with E-state index in [1.54, 1.807) is 11.8 Å². The van der Waals surface area contributed by atoms with Gasteiger partial charge >= 0.3 is 0 Å². The first-order chi connectivity index (χ1) is 14.1. The molecule has 0 fully saturated rings. The van der Waals surface area contributed by atoms with E-state index in [9.17, 15) is 9.59 Å². The Balaban J connectivity index is 1.86. The normalized spacial score (nSPS) is 13.2. The highest BCUT2D eigenvalue weighted by Crippen LogP contribution is 2.36. The molecule has 2 aromatic carbocycles. The number of para-hydroxylation sites is 1. The Kier molecular flexibility index (Phi) is 3.70. The van der Waals surface area contributed by atoms with Gasteiger partial charge in [-0.05, 0) is 36.4 Å². The maximum atomic E-state index is 12.9. The van der Waals surface area contributed by atoms with Gasteiger partial charge in [0, 0.05) is 18.8 Å². The molecule has 0 radical (unpaired) electrons. The van der Waals surface area contributed by atoms with E-state index in [1.165, 1.54) is 13.2 Å². The number of aromatic nitrogens is 3. The SMILES string of the molecule is COc1ccc(-c2nn(-c3ccccc3)c3ncc4c(c23)C(=O)N(C)C4=O)cc1. The molecule has 5 rings (SSSR count). The molecule has 7 nitrogen and oxygen atoms in total. The van der Waals surface area contributed by atoms with Gasteiger partial charge in [0.2, 0.25) is 0 Å².